The third-order valence-corrected chi connectivity index (χ3v) is 2.95. The van der Waals surface area contributed by atoms with E-state index in [2.05, 4.69) is 4.74 Å². The van der Waals surface area contributed by atoms with Gasteiger partial charge in [0.2, 0.25) is 34.8 Å². The largest absolute Gasteiger partial charge is 0.420 e. The fourth-order valence-corrected chi connectivity index (χ4v) is 1.76. The molecular weight excluding hydrogens is 335 g/mol. The smallest absolute Gasteiger partial charge is 0.313 e. The molecule has 2 aromatic rings. The van der Waals surface area contributed by atoms with Crippen LogP contribution in [0.1, 0.15) is 12.0 Å². The lowest BCUT2D eigenvalue weighted by Gasteiger charge is -2.09. The van der Waals surface area contributed by atoms with E-state index in [0.29, 0.717) is 0 Å². The van der Waals surface area contributed by atoms with Gasteiger partial charge in [-0.15, -0.1) is 0 Å². The number of benzene rings is 2. The van der Waals surface area contributed by atoms with Crippen LogP contribution >= 0.6 is 0 Å². The van der Waals surface area contributed by atoms with Gasteiger partial charge in [0.15, 0.2) is 0 Å². The minimum atomic E-state index is -2.32. The summed E-state index contributed by atoms with van der Waals surface area (Å²) in [7, 11) is 0. The van der Waals surface area contributed by atoms with Gasteiger partial charge in [-0.05, 0) is 5.56 Å². The van der Waals surface area contributed by atoms with Crippen LogP contribution in [0.15, 0.2) is 30.3 Å². The molecule has 0 amide bonds. The van der Waals surface area contributed by atoms with E-state index in [1.54, 1.807) is 24.3 Å². The Balaban J connectivity index is 1.91. The molecule has 0 spiro atoms. The number of halogens is 5. The molecule has 0 aromatic heterocycles. The molecule has 0 unspecified atom stereocenters. The molecule has 0 saturated carbocycles. The van der Waals surface area contributed by atoms with Crippen molar-refractivity contribution in [2.24, 2.45) is 0 Å². The lowest BCUT2D eigenvalue weighted by Crippen LogP contribution is -2.15. The molecule has 0 aliphatic carbocycles. The number of carbonyl (C=O) groups is 1. The quantitative estimate of drug-likeness (QED) is 0.199. The maximum Gasteiger partial charge on any atom is 0.313 e. The summed E-state index contributed by atoms with van der Waals surface area (Å²) in [6, 6.07) is 8.96. The fraction of sp³-hybridized carbons (Fsp3) is 0.188. The Morgan fingerprint density at radius 3 is 1.96 bits per heavy atom. The molecule has 24 heavy (non-hydrogen) atoms. The standard InChI is InChI=1S/C16H11F5O3/c17-11-12(18)14(20)16(15(21)13(11)19)24-10(22)6-7-23-8-9-4-2-1-3-5-9/h1-5H,6-8H2. The van der Waals surface area contributed by atoms with Crippen molar-refractivity contribution < 1.29 is 36.2 Å². The molecule has 2 rings (SSSR count). The monoisotopic (exact) mass is 346 g/mol. The molecule has 0 fully saturated rings. The molecule has 0 radical (unpaired) electrons. The summed E-state index contributed by atoms with van der Waals surface area (Å²) < 4.78 is 74.9. The predicted octanol–water partition coefficient (Wildman–Crippen LogP) is 3.89. The minimum Gasteiger partial charge on any atom is -0.420 e. The van der Waals surface area contributed by atoms with Gasteiger partial charge < -0.3 is 9.47 Å². The summed E-state index contributed by atoms with van der Waals surface area (Å²) in [6.45, 7) is 0.0414. The summed E-state index contributed by atoms with van der Waals surface area (Å²) in [6.07, 6.45) is -0.424. The molecule has 8 heteroatoms. The zero-order valence-corrected chi connectivity index (χ0v) is 12.1. The first-order valence-corrected chi connectivity index (χ1v) is 6.75. The van der Waals surface area contributed by atoms with Gasteiger partial charge in [-0.25, -0.2) is 13.2 Å². The first-order valence-electron chi connectivity index (χ1n) is 6.75. The average molecular weight is 346 g/mol. The number of rotatable bonds is 6. The summed E-state index contributed by atoms with van der Waals surface area (Å²) >= 11 is 0. The van der Waals surface area contributed by atoms with Crippen molar-refractivity contribution in [2.75, 3.05) is 6.61 Å². The highest BCUT2D eigenvalue weighted by molar-refractivity contribution is 5.72. The average Bonchev–Trinajstić information content (AvgIpc) is 2.60. The highest BCUT2D eigenvalue weighted by Gasteiger charge is 2.28. The van der Waals surface area contributed by atoms with Crippen molar-refractivity contribution in [3.63, 3.8) is 0 Å². The van der Waals surface area contributed by atoms with Crippen LogP contribution in [0.3, 0.4) is 0 Å². The van der Waals surface area contributed by atoms with E-state index in [-0.39, 0.29) is 13.2 Å². The van der Waals surface area contributed by atoms with Gasteiger partial charge >= 0.3 is 5.97 Å². The van der Waals surface area contributed by atoms with Crippen LogP contribution in [0, 0.1) is 29.1 Å². The van der Waals surface area contributed by atoms with Gasteiger partial charge in [0.25, 0.3) is 0 Å². The number of hydrogen-bond donors (Lipinski definition) is 0. The van der Waals surface area contributed by atoms with Gasteiger partial charge in [0.05, 0.1) is 19.6 Å². The molecule has 3 nitrogen and oxygen atoms in total. The second kappa shape index (κ2) is 7.87. The number of carbonyl (C=O) groups excluding carboxylic acids is 1. The van der Waals surface area contributed by atoms with Crippen LogP contribution in [-0.2, 0) is 16.1 Å². The summed E-state index contributed by atoms with van der Waals surface area (Å²) in [5, 5.41) is 0. The van der Waals surface area contributed by atoms with Gasteiger partial charge in [0.1, 0.15) is 0 Å². The van der Waals surface area contributed by atoms with Crippen LogP contribution in [-0.4, -0.2) is 12.6 Å². The van der Waals surface area contributed by atoms with Crippen molar-refractivity contribution in [2.45, 2.75) is 13.0 Å². The fourth-order valence-electron chi connectivity index (χ4n) is 1.76. The zero-order chi connectivity index (χ0) is 17.7. The highest BCUT2D eigenvalue weighted by atomic mass is 19.2. The summed E-state index contributed by atoms with van der Waals surface area (Å²) in [5.41, 5.74) is 0.839. The third-order valence-electron chi connectivity index (χ3n) is 2.95. The van der Waals surface area contributed by atoms with Gasteiger partial charge in [0, 0.05) is 0 Å². The van der Waals surface area contributed by atoms with Crippen molar-refractivity contribution in [3.8, 4) is 5.75 Å². The second-order valence-electron chi connectivity index (χ2n) is 4.66. The molecule has 0 saturated heterocycles. The van der Waals surface area contributed by atoms with E-state index >= 15 is 0 Å². The topological polar surface area (TPSA) is 35.5 Å². The van der Waals surface area contributed by atoms with Crippen molar-refractivity contribution in [1.29, 1.82) is 0 Å². The van der Waals surface area contributed by atoms with Crippen LogP contribution in [0.5, 0.6) is 5.75 Å². The van der Waals surface area contributed by atoms with E-state index < -0.39 is 47.2 Å². The number of hydrogen-bond acceptors (Lipinski definition) is 3. The van der Waals surface area contributed by atoms with Gasteiger partial charge in [-0.3, -0.25) is 4.79 Å². The second-order valence-corrected chi connectivity index (χ2v) is 4.66. The maximum atomic E-state index is 13.3. The van der Waals surface area contributed by atoms with Crippen molar-refractivity contribution in [1.82, 2.24) is 0 Å². The first-order chi connectivity index (χ1) is 11.4. The Morgan fingerprint density at radius 1 is 0.833 bits per heavy atom. The lowest BCUT2D eigenvalue weighted by atomic mass is 10.2. The number of esters is 1. The molecule has 0 aliphatic heterocycles. The van der Waals surface area contributed by atoms with E-state index in [1.165, 1.54) is 0 Å². The van der Waals surface area contributed by atoms with Crippen LogP contribution in [0.4, 0.5) is 22.0 Å². The molecular formula is C16H11F5O3. The molecule has 128 valence electrons. The van der Waals surface area contributed by atoms with Crippen molar-refractivity contribution >= 4 is 5.97 Å². The molecule has 0 atom stereocenters. The first kappa shape index (κ1) is 17.9. The molecule has 0 bridgehead atoms. The molecule has 0 N–H and O–H groups in total. The van der Waals surface area contributed by atoms with E-state index in [4.69, 9.17) is 4.74 Å². The van der Waals surface area contributed by atoms with E-state index in [1.807, 2.05) is 6.07 Å². The Hall–Kier alpha value is -2.48. The number of ether oxygens (including phenoxy) is 2. The highest BCUT2D eigenvalue weighted by Crippen LogP contribution is 2.29. The minimum absolute atomic E-state index is 0.150. The lowest BCUT2D eigenvalue weighted by molar-refractivity contribution is -0.136. The molecule has 0 aliphatic rings. The Bertz CT molecular complexity index is 705. The molecule has 0 heterocycles. The SMILES string of the molecule is O=C(CCOCc1ccccc1)Oc1c(F)c(F)c(F)c(F)c1F. The Kier molecular flexibility index (Phi) is 5.86. The van der Waals surface area contributed by atoms with Crippen LogP contribution < -0.4 is 4.74 Å². The van der Waals surface area contributed by atoms with Crippen LogP contribution in [0.2, 0.25) is 0 Å². The maximum absolute atomic E-state index is 13.3. The Morgan fingerprint density at radius 2 is 1.38 bits per heavy atom. The predicted molar refractivity (Wildman–Crippen MR) is 72.6 cm³/mol. The normalized spacial score (nSPS) is 10.7. The zero-order valence-electron chi connectivity index (χ0n) is 12.1. The molecule has 2 aromatic carbocycles. The summed E-state index contributed by atoms with van der Waals surface area (Å²) in [4.78, 5) is 11.5. The van der Waals surface area contributed by atoms with Gasteiger partial charge in [-0.2, -0.15) is 8.78 Å². The summed E-state index contributed by atoms with van der Waals surface area (Å²) in [5.74, 6) is -13.9. The van der Waals surface area contributed by atoms with Crippen molar-refractivity contribution in [3.05, 3.63) is 65.0 Å². The van der Waals surface area contributed by atoms with E-state index in [0.717, 1.165) is 5.56 Å². The third kappa shape index (κ3) is 4.08. The van der Waals surface area contributed by atoms with Gasteiger partial charge in [-0.1, -0.05) is 30.3 Å². The van der Waals surface area contributed by atoms with E-state index in [9.17, 15) is 26.7 Å². The Labute approximate surface area is 133 Å². The van der Waals surface area contributed by atoms with Crippen LogP contribution in [0.25, 0.3) is 0 Å².